The summed E-state index contributed by atoms with van der Waals surface area (Å²) in [5.41, 5.74) is 11.2. The molecule has 2 aromatic carbocycles. The van der Waals surface area contributed by atoms with Gasteiger partial charge in [-0.1, -0.05) is 0 Å². The maximum absolute atomic E-state index is 10.9. The molecule has 2 rings (SSSR count). The molecule has 8 N–H and O–H groups in total. The van der Waals surface area contributed by atoms with E-state index in [1.807, 2.05) is 0 Å². The summed E-state index contributed by atoms with van der Waals surface area (Å²) in [4.78, 5) is 20.6. The Kier molecular flexibility index (Phi) is 7.89. The van der Waals surface area contributed by atoms with Crippen molar-refractivity contribution in [3.05, 3.63) is 36.4 Å². The van der Waals surface area contributed by atoms with Crippen LogP contribution in [0.4, 0.5) is 22.7 Å². The van der Waals surface area contributed by atoms with Crippen molar-refractivity contribution in [3.63, 3.8) is 0 Å². The van der Waals surface area contributed by atoms with Gasteiger partial charge in [0.2, 0.25) is 11.8 Å². The van der Waals surface area contributed by atoms with Crippen molar-refractivity contribution in [2.45, 2.75) is 23.6 Å². The van der Waals surface area contributed by atoms with E-state index in [1.54, 1.807) is 0 Å². The Bertz CT molecular complexity index is 1180. The van der Waals surface area contributed by atoms with E-state index in [2.05, 4.69) is 10.6 Å². The summed E-state index contributed by atoms with van der Waals surface area (Å²) in [7, 11) is -8.68. The number of hydrogen-bond donors (Lipinski definition) is 6. The van der Waals surface area contributed by atoms with E-state index in [0.29, 0.717) is 5.69 Å². The molecule has 0 saturated carbocycles. The molecule has 0 heterocycles. The predicted molar refractivity (Wildman–Crippen MR) is 110 cm³/mol. The zero-order chi connectivity index (χ0) is 23.3. The second kappa shape index (κ2) is 9.53. The van der Waals surface area contributed by atoms with Gasteiger partial charge in [-0.3, -0.25) is 18.7 Å². The average molecular weight is 460 g/mol. The highest BCUT2D eigenvalue weighted by Gasteiger charge is 2.15. The molecule has 0 spiro atoms. The Morgan fingerprint density at radius 3 is 1.57 bits per heavy atom. The van der Waals surface area contributed by atoms with E-state index in [4.69, 9.17) is 20.6 Å². The second-order valence-corrected chi connectivity index (χ2v) is 8.60. The van der Waals surface area contributed by atoms with Crippen LogP contribution in [0.1, 0.15) is 13.8 Å². The molecule has 0 atom stereocenters. The van der Waals surface area contributed by atoms with Gasteiger partial charge in [0, 0.05) is 25.2 Å². The number of amides is 2. The van der Waals surface area contributed by atoms with Crippen LogP contribution in [0.2, 0.25) is 0 Å². The number of benzene rings is 2. The molecule has 0 unspecified atom stereocenters. The summed E-state index contributed by atoms with van der Waals surface area (Å²) in [5, 5.41) is 4.80. The summed E-state index contributed by atoms with van der Waals surface area (Å²) < 4.78 is 60.8. The number of hydrogen-bond acceptors (Lipinski definition) is 8. The first-order chi connectivity index (χ1) is 13.6. The van der Waals surface area contributed by atoms with Gasteiger partial charge in [-0.15, -0.1) is 0 Å². The lowest BCUT2D eigenvalue weighted by molar-refractivity contribution is -0.115. The van der Waals surface area contributed by atoms with E-state index < -0.39 is 25.1 Å². The minimum absolute atomic E-state index is 0.0772. The first kappa shape index (κ1) is 24.8. The number of carbonyl (C=O) groups is 2. The highest BCUT2D eigenvalue weighted by Crippen LogP contribution is 2.23. The highest BCUT2D eigenvalue weighted by atomic mass is 32.2. The van der Waals surface area contributed by atoms with Crippen LogP contribution >= 0.6 is 0 Å². The molecule has 14 heteroatoms. The van der Waals surface area contributed by atoms with Crippen molar-refractivity contribution in [2.75, 3.05) is 22.1 Å². The van der Waals surface area contributed by atoms with E-state index >= 15 is 0 Å². The van der Waals surface area contributed by atoms with Crippen molar-refractivity contribution in [2.24, 2.45) is 0 Å². The van der Waals surface area contributed by atoms with E-state index in [0.717, 1.165) is 12.1 Å². The van der Waals surface area contributed by atoms with Crippen LogP contribution in [-0.4, -0.2) is 37.8 Å². The summed E-state index contributed by atoms with van der Waals surface area (Å²) in [6.07, 6.45) is 0. The molecule has 0 aliphatic rings. The SMILES string of the molecule is CC(=O)Nc1ccc(N)c(S(=O)(=O)O)c1.CC(=O)Nc1ccc(S(=O)(=O)O)c(N)c1. The minimum atomic E-state index is -4.37. The molecule has 0 fully saturated rings. The van der Waals surface area contributed by atoms with Gasteiger partial charge in [0.1, 0.15) is 9.79 Å². The zero-order valence-electron chi connectivity index (χ0n) is 15.8. The fraction of sp³-hybridized carbons (Fsp3) is 0.125. The molecule has 30 heavy (non-hydrogen) atoms. The summed E-state index contributed by atoms with van der Waals surface area (Å²) in [6, 6.07) is 7.52. The van der Waals surface area contributed by atoms with Gasteiger partial charge >= 0.3 is 0 Å². The number of nitrogens with two attached hydrogens (primary N) is 2. The molecular formula is C16H20N4O8S2. The van der Waals surface area contributed by atoms with Gasteiger partial charge in [0.05, 0.1) is 11.4 Å². The third kappa shape index (κ3) is 7.67. The number of nitrogen functional groups attached to an aromatic ring is 2. The smallest absolute Gasteiger partial charge is 0.296 e. The highest BCUT2D eigenvalue weighted by molar-refractivity contribution is 7.86. The van der Waals surface area contributed by atoms with Crippen molar-refractivity contribution < 1.29 is 35.5 Å². The van der Waals surface area contributed by atoms with Crippen LogP contribution < -0.4 is 22.1 Å². The van der Waals surface area contributed by atoms with Crippen LogP contribution in [0.25, 0.3) is 0 Å². The molecule has 0 aliphatic carbocycles. The van der Waals surface area contributed by atoms with Crippen LogP contribution in [0, 0.1) is 0 Å². The van der Waals surface area contributed by atoms with Crippen molar-refractivity contribution >= 4 is 54.8 Å². The van der Waals surface area contributed by atoms with Crippen LogP contribution in [0.5, 0.6) is 0 Å². The topological polar surface area (TPSA) is 219 Å². The molecule has 0 saturated heterocycles. The largest absolute Gasteiger partial charge is 0.398 e. The van der Waals surface area contributed by atoms with Gasteiger partial charge in [-0.25, -0.2) is 0 Å². The van der Waals surface area contributed by atoms with Gasteiger partial charge in [0.25, 0.3) is 20.2 Å². The number of rotatable bonds is 4. The fourth-order valence-electron chi connectivity index (χ4n) is 2.10. The minimum Gasteiger partial charge on any atom is -0.398 e. The average Bonchev–Trinajstić information content (AvgIpc) is 2.54. The second-order valence-electron chi connectivity index (χ2n) is 5.82. The van der Waals surface area contributed by atoms with Crippen molar-refractivity contribution in [1.29, 1.82) is 0 Å². The molecule has 0 aliphatic heterocycles. The lowest BCUT2D eigenvalue weighted by Gasteiger charge is -2.06. The lowest BCUT2D eigenvalue weighted by atomic mass is 10.3. The van der Waals surface area contributed by atoms with Gasteiger partial charge in [-0.05, 0) is 36.4 Å². The molecule has 0 radical (unpaired) electrons. The van der Waals surface area contributed by atoms with Gasteiger partial charge in [-0.2, -0.15) is 16.8 Å². The van der Waals surface area contributed by atoms with Crippen molar-refractivity contribution in [3.8, 4) is 0 Å². The number of anilines is 4. The molecule has 164 valence electrons. The monoisotopic (exact) mass is 460 g/mol. The summed E-state index contributed by atoms with van der Waals surface area (Å²) >= 11 is 0. The molecule has 12 nitrogen and oxygen atoms in total. The lowest BCUT2D eigenvalue weighted by Crippen LogP contribution is -2.08. The zero-order valence-corrected chi connectivity index (χ0v) is 17.4. The normalized spacial score (nSPS) is 11.1. The number of carbonyl (C=O) groups excluding carboxylic acids is 2. The predicted octanol–water partition coefficient (Wildman–Crippen LogP) is 0.948. The Hall–Kier alpha value is -3.20. The summed E-state index contributed by atoms with van der Waals surface area (Å²) in [5.74, 6) is -0.643. The van der Waals surface area contributed by atoms with Crippen LogP contribution in [-0.2, 0) is 29.8 Å². The van der Waals surface area contributed by atoms with E-state index in [9.17, 15) is 26.4 Å². The Morgan fingerprint density at radius 1 is 0.733 bits per heavy atom. The van der Waals surface area contributed by atoms with Crippen LogP contribution in [0.3, 0.4) is 0 Å². The first-order valence-corrected chi connectivity index (χ1v) is 10.8. The van der Waals surface area contributed by atoms with E-state index in [1.165, 1.54) is 38.1 Å². The maximum Gasteiger partial charge on any atom is 0.296 e. The molecular weight excluding hydrogens is 440 g/mol. The molecule has 2 aromatic rings. The fourth-order valence-corrected chi connectivity index (χ4v) is 3.34. The number of nitrogens with one attached hydrogen (secondary N) is 2. The summed E-state index contributed by atoms with van der Waals surface area (Å²) in [6.45, 7) is 2.59. The molecule has 0 bridgehead atoms. The van der Waals surface area contributed by atoms with Crippen LogP contribution in [0.15, 0.2) is 46.2 Å². The molecule has 2 amide bonds. The van der Waals surface area contributed by atoms with Gasteiger partial charge < -0.3 is 22.1 Å². The van der Waals surface area contributed by atoms with Crippen molar-refractivity contribution in [1.82, 2.24) is 0 Å². The Morgan fingerprint density at radius 2 is 1.17 bits per heavy atom. The van der Waals surface area contributed by atoms with E-state index in [-0.39, 0.29) is 33.8 Å². The maximum atomic E-state index is 10.9. The van der Waals surface area contributed by atoms with Gasteiger partial charge in [0.15, 0.2) is 0 Å². The molecule has 0 aromatic heterocycles. The third-order valence-electron chi connectivity index (χ3n) is 3.22. The Labute approximate surface area is 172 Å². The standard InChI is InChI=1S/2C8H10N2O4S/c1-5(11)10-6-2-3-8(7(9)4-6)15(12,13)14;1-5(11)10-6-2-3-7(9)8(4-6)15(12,13)14/h2*2-4H,9H2,1H3,(H,10,11)(H,12,13,14). The third-order valence-corrected chi connectivity index (χ3v) is 5.06. The quantitative estimate of drug-likeness (QED) is 0.280. The first-order valence-electron chi connectivity index (χ1n) is 7.90. The Balaban J connectivity index is 0.000000300.